The molecule has 156 valence electrons. The summed E-state index contributed by atoms with van der Waals surface area (Å²) in [6.45, 7) is 0.547. The van der Waals surface area contributed by atoms with Gasteiger partial charge in [-0.05, 0) is 30.5 Å². The molecular formula is C23H21N5O2S. The minimum Gasteiger partial charge on any atom is -0.356 e. The fourth-order valence-corrected chi connectivity index (χ4v) is 4.33. The molecule has 0 fully saturated rings. The van der Waals surface area contributed by atoms with Crippen LogP contribution < -0.4 is 5.32 Å². The average molecular weight is 432 g/mol. The van der Waals surface area contributed by atoms with E-state index in [0.29, 0.717) is 24.0 Å². The van der Waals surface area contributed by atoms with Gasteiger partial charge >= 0.3 is 0 Å². The van der Waals surface area contributed by atoms with Crippen LogP contribution in [0.5, 0.6) is 0 Å². The number of rotatable bonds is 7. The first-order valence-corrected chi connectivity index (χ1v) is 11.1. The van der Waals surface area contributed by atoms with E-state index in [1.54, 1.807) is 4.90 Å². The molecule has 7 nitrogen and oxygen atoms in total. The van der Waals surface area contributed by atoms with Gasteiger partial charge in [-0.1, -0.05) is 54.2 Å². The molecule has 0 saturated heterocycles. The Balaban J connectivity index is 1.41. The molecule has 2 aliphatic rings. The van der Waals surface area contributed by atoms with Crippen LogP contribution in [0.4, 0.5) is 5.69 Å². The lowest BCUT2D eigenvalue weighted by molar-refractivity contribution is -0.122. The number of nitrogens with zero attached hydrogens (tertiary/aromatic N) is 4. The van der Waals surface area contributed by atoms with Crippen LogP contribution in [0.25, 0.3) is 0 Å². The SMILES string of the molecule is N#CCSC1=Nc2ccccc2C2=NC(=O)C(CCC(=O)NCCc3ccccc3)N12. The predicted octanol–water partition coefficient (Wildman–Crippen LogP) is 3.04. The number of hydrogen-bond acceptors (Lipinski definition) is 6. The van der Waals surface area contributed by atoms with Gasteiger partial charge in [0.05, 0.1) is 17.5 Å². The fraction of sp³-hybridized carbons (Fsp3) is 0.261. The van der Waals surface area contributed by atoms with Crippen molar-refractivity contribution in [1.82, 2.24) is 10.2 Å². The molecule has 2 aromatic rings. The smallest absolute Gasteiger partial charge is 0.270 e. The van der Waals surface area contributed by atoms with Crippen LogP contribution in [0.2, 0.25) is 0 Å². The van der Waals surface area contributed by atoms with Crippen molar-refractivity contribution >= 4 is 40.3 Å². The fourth-order valence-electron chi connectivity index (χ4n) is 3.62. The number of nitrogens with one attached hydrogen (secondary N) is 1. The van der Waals surface area contributed by atoms with Gasteiger partial charge in [0.15, 0.2) is 5.17 Å². The summed E-state index contributed by atoms with van der Waals surface area (Å²) >= 11 is 1.27. The predicted molar refractivity (Wildman–Crippen MR) is 121 cm³/mol. The zero-order valence-corrected chi connectivity index (χ0v) is 17.6. The molecule has 0 saturated carbocycles. The van der Waals surface area contributed by atoms with Crippen molar-refractivity contribution in [2.24, 2.45) is 9.98 Å². The number of para-hydroxylation sites is 1. The summed E-state index contributed by atoms with van der Waals surface area (Å²) in [6.07, 6.45) is 1.30. The number of aliphatic imine (C=N–C) groups is 2. The topological polar surface area (TPSA) is 97.9 Å². The molecule has 2 aliphatic heterocycles. The highest BCUT2D eigenvalue weighted by atomic mass is 32.2. The summed E-state index contributed by atoms with van der Waals surface area (Å²) in [4.78, 5) is 35.7. The van der Waals surface area contributed by atoms with Crippen molar-refractivity contribution in [2.45, 2.75) is 25.3 Å². The first-order chi connectivity index (χ1) is 15.2. The zero-order chi connectivity index (χ0) is 21.6. The minimum atomic E-state index is -0.590. The summed E-state index contributed by atoms with van der Waals surface area (Å²) in [6, 6.07) is 19.0. The summed E-state index contributed by atoms with van der Waals surface area (Å²) in [5.74, 6) is 0.378. The van der Waals surface area contributed by atoms with Crippen LogP contribution in [0.1, 0.15) is 24.0 Å². The lowest BCUT2D eigenvalue weighted by Gasteiger charge is -2.30. The van der Waals surface area contributed by atoms with E-state index in [1.165, 1.54) is 11.8 Å². The van der Waals surface area contributed by atoms with Crippen LogP contribution >= 0.6 is 11.8 Å². The largest absolute Gasteiger partial charge is 0.356 e. The molecule has 0 aromatic heterocycles. The molecule has 0 bridgehead atoms. The second-order valence-electron chi connectivity index (χ2n) is 7.14. The van der Waals surface area contributed by atoms with E-state index in [2.05, 4.69) is 21.4 Å². The van der Waals surface area contributed by atoms with Gasteiger partial charge in [0.1, 0.15) is 11.9 Å². The maximum atomic E-state index is 12.7. The van der Waals surface area contributed by atoms with Gasteiger partial charge in [0.2, 0.25) is 5.91 Å². The highest BCUT2D eigenvalue weighted by Gasteiger charge is 2.41. The third-order valence-electron chi connectivity index (χ3n) is 5.10. The number of amides is 2. The number of benzene rings is 2. The lowest BCUT2D eigenvalue weighted by Crippen LogP contribution is -2.44. The van der Waals surface area contributed by atoms with Gasteiger partial charge in [0, 0.05) is 18.5 Å². The van der Waals surface area contributed by atoms with E-state index >= 15 is 0 Å². The van der Waals surface area contributed by atoms with Crippen LogP contribution in [-0.4, -0.2) is 46.1 Å². The lowest BCUT2D eigenvalue weighted by atomic mass is 10.1. The second-order valence-corrected chi connectivity index (χ2v) is 8.08. The van der Waals surface area contributed by atoms with Crippen LogP contribution in [-0.2, 0) is 16.0 Å². The number of fused-ring (bicyclic) bond motifs is 3. The third-order valence-corrected chi connectivity index (χ3v) is 5.92. The molecule has 31 heavy (non-hydrogen) atoms. The van der Waals surface area contributed by atoms with Crippen molar-refractivity contribution in [3.05, 3.63) is 65.7 Å². The molecule has 1 atom stereocenters. The van der Waals surface area contributed by atoms with E-state index in [4.69, 9.17) is 5.26 Å². The molecule has 1 N–H and O–H groups in total. The zero-order valence-electron chi connectivity index (χ0n) is 16.8. The molecule has 2 aromatic carbocycles. The quantitative estimate of drug-likeness (QED) is 0.727. The maximum Gasteiger partial charge on any atom is 0.270 e. The average Bonchev–Trinajstić information content (AvgIpc) is 3.13. The van der Waals surface area contributed by atoms with Gasteiger partial charge in [-0.15, -0.1) is 0 Å². The second kappa shape index (κ2) is 9.58. The molecule has 0 aliphatic carbocycles. The summed E-state index contributed by atoms with van der Waals surface area (Å²) in [5, 5.41) is 12.5. The number of carbonyl (C=O) groups is 2. The maximum absolute atomic E-state index is 12.7. The Morgan fingerprint density at radius 1 is 1.13 bits per heavy atom. The number of amidine groups is 2. The summed E-state index contributed by atoms with van der Waals surface area (Å²) in [7, 11) is 0. The first-order valence-electron chi connectivity index (χ1n) is 10.1. The Morgan fingerprint density at radius 3 is 2.71 bits per heavy atom. The highest BCUT2D eigenvalue weighted by Crippen LogP contribution is 2.35. The van der Waals surface area contributed by atoms with E-state index in [1.807, 2.05) is 54.6 Å². The molecule has 2 heterocycles. The Bertz CT molecular complexity index is 1090. The third kappa shape index (κ3) is 4.67. The van der Waals surface area contributed by atoms with E-state index < -0.39 is 6.04 Å². The minimum absolute atomic E-state index is 0.0993. The molecule has 0 spiro atoms. The van der Waals surface area contributed by atoms with Crippen molar-refractivity contribution in [2.75, 3.05) is 12.3 Å². The van der Waals surface area contributed by atoms with Gasteiger partial charge in [-0.25, -0.2) is 4.99 Å². The normalized spacial score (nSPS) is 16.7. The number of carbonyl (C=O) groups excluding carboxylic acids is 2. The van der Waals surface area contributed by atoms with Gasteiger partial charge in [0.25, 0.3) is 5.91 Å². The first kappa shape index (κ1) is 20.8. The Morgan fingerprint density at radius 2 is 1.90 bits per heavy atom. The number of hydrogen-bond donors (Lipinski definition) is 1. The summed E-state index contributed by atoms with van der Waals surface area (Å²) < 4.78 is 0. The highest BCUT2D eigenvalue weighted by molar-refractivity contribution is 8.14. The Kier molecular flexibility index (Phi) is 6.43. The summed E-state index contributed by atoms with van der Waals surface area (Å²) in [5.41, 5.74) is 2.67. The molecule has 0 radical (unpaired) electrons. The number of nitriles is 1. The van der Waals surface area contributed by atoms with Crippen molar-refractivity contribution in [3.63, 3.8) is 0 Å². The van der Waals surface area contributed by atoms with Gasteiger partial charge in [-0.3, -0.25) is 14.5 Å². The molecule has 8 heteroatoms. The molecule has 2 amide bonds. The molecular weight excluding hydrogens is 410 g/mol. The Labute approximate surface area is 184 Å². The van der Waals surface area contributed by atoms with E-state index in [-0.39, 0.29) is 24.0 Å². The van der Waals surface area contributed by atoms with E-state index in [0.717, 1.165) is 23.2 Å². The number of thioether (sulfide) groups is 1. The van der Waals surface area contributed by atoms with Crippen LogP contribution in [0, 0.1) is 11.3 Å². The molecule has 1 unspecified atom stereocenters. The standard InChI is InChI=1S/C23H21N5O2S/c24-13-15-31-23-26-18-9-5-4-8-17(18)21-27-22(30)19(28(21)23)10-11-20(29)25-14-12-16-6-2-1-3-7-16/h1-9,19H,10-12,14-15H2,(H,25,29). The van der Waals surface area contributed by atoms with Gasteiger partial charge < -0.3 is 5.32 Å². The van der Waals surface area contributed by atoms with Crippen LogP contribution in [0.15, 0.2) is 64.6 Å². The van der Waals surface area contributed by atoms with Crippen molar-refractivity contribution < 1.29 is 9.59 Å². The molecule has 4 rings (SSSR count). The van der Waals surface area contributed by atoms with Gasteiger partial charge in [-0.2, -0.15) is 10.3 Å². The Hall–Kier alpha value is -3.44. The van der Waals surface area contributed by atoms with E-state index in [9.17, 15) is 9.59 Å². The monoisotopic (exact) mass is 431 g/mol. The van der Waals surface area contributed by atoms with Crippen LogP contribution in [0.3, 0.4) is 0 Å². The van der Waals surface area contributed by atoms with Crippen molar-refractivity contribution in [3.8, 4) is 6.07 Å². The van der Waals surface area contributed by atoms with Crippen molar-refractivity contribution in [1.29, 1.82) is 5.26 Å².